The zero-order valence-electron chi connectivity index (χ0n) is 11.1. The third kappa shape index (κ3) is 2.19. The third-order valence-corrected chi connectivity index (χ3v) is 4.10. The fourth-order valence-electron chi connectivity index (χ4n) is 2.60. The largest absolute Gasteiger partial charge is 0.0616 e. The van der Waals surface area contributed by atoms with Crippen LogP contribution in [0.1, 0.15) is 11.1 Å². The second-order valence-corrected chi connectivity index (χ2v) is 5.85. The van der Waals surface area contributed by atoms with Crippen LogP contribution in [-0.2, 0) is 0 Å². The monoisotopic (exact) mass is 310 g/mol. The molecule has 3 aromatic rings. The quantitative estimate of drug-likeness (QED) is 0.526. The number of hydrogen-bond acceptors (Lipinski definition) is 0. The Kier molecular flexibility index (Phi) is 3.16. The minimum atomic E-state index is 1.13. The molecule has 0 fully saturated rings. The number of hydrogen-bond donors (Lipinski definition) is 0. The lowest BCUT2D eigenvalue weighted by molar-refractivity contribution is 1.42. The van der Waals surface area contributed by atoms with Gasteiger partial charge in [0.25, 0.3) is 0 Å². The van der Waals surface area contributed by atoms with Gasteiger partial charge in [0.2, 0.25) is 0 Å². The molecule has 0 spiro atoms. The highest BCUT2D eigenvalue weighted by molar-refractivity contribution is 9.10. The summed E-state index contributed by atoms with van der Waals surface area (Å²) < 4.78 is 1.13. The highest BCUT2D eigenvalue weighted by Gasteiger charge is 2.09. The maximum atomic E-state index is 3.58. The van der Waals surface area contributed by atoms with Gasteiger partial charge in [-0.2, -0.15) is 0 Å². The van der Waals surface area contributed by atoms with E-state index in [4.69, 9.17) is 0 Å². The van der Waals surface area contributed by atoms with Crippen LogP contribution in [0.2, 0.25) is 0 Å². The first-order chi connectivity index (χ1) is 9.16. The van der Waals surface area contributed by atoms with Crippen molar-refractivity contribution in [2.24, 2.45) is 0 Å². The van der Waals surface area contributed by atoms with E-state index in [2.05, 4.69) is 84.4 Å². The predicted molar refractivity (Wildman–Crippen MR) is 86.6 cm³/mol. The third-order valence-electron chi connectivity index (χ3n) is 3.61. The first-order valence-electron chi connectivity index (χ1n) is 6.42. The van der Waals surface area contributed by atoms with Crippen molar-refractivity contribution in [1.29, 1.82) is 0 Å². The van der Waals surface area contributed by atoms with Crippen LogP contribution in [0.4, 0.5) is 0 Å². The van der Waals surface area contributed by atoms with Crippen LogP contribution >= 0.6 is 15.9 Å². The van der Waals surface area contributed by atoms with Crippen molar-refractivity contribution in [2.45, 2.75) is 13.8 Å². The van der Waals surface area contributed by atoms with Gasteiger partial charge in [0, 0.05) is 4.47 Å². The van der Waals surface area contributed by atoms with E-state index >= 15 is 0 Å². The second kappa shape index (κ2) is 4.82. The summed E-state index contributed by atoms with van der Waals surface area (Å²) in [5.74, 6) is 0. The predicted octanol–water partition coefficient (Wildman–Crippen LogP) is 5.89. The summed E-state index contributed by atoms with van der Waals surface area (Å²) >= 11 is 3.58. The molecule has 0 saturated heterocycles. The molecule has 0 heterocycles. The standard InChI is InChI=1S/C18H15Br/c1-12-8-10-15(19)11-17(12)18-13(2)7-9-14-5-3-4-6-16(14)18/h3-11H,1-2H3. The van der Waals surface area contributed by atoms with Crippen molar-refractivity contribution in [3.8, 4) is 11.1 Å². The van der Waals surface area contributed by atoms with Gasteiger partial charge < -0.3 is 0 Å². The van der Waals surface area contributed by atoms with E-state index in [9.17, 15) is 0 Å². The molecule has 0 N–H and O–H groups in total. The van der Waals surface area contributed by atoms with Crippen molar-refractivity contribution in [3.63, 3.8) is 0 Å². The Labute approximate surface area is 122 Å². The lowest BCUT2D eigenvalue weighted by atomic mass is 9.91. The summed E-state index contributed by atoms with van der Waals surface area (Å²) in [6.07, 6.45) is 0. The maximum Gasteiger partial charge on any atom is 0.0181 e. The Morgan fingerprint density at radius 3 is 2.37 bits per heavy atom. The molecular weight excluding hydrogens is 296 g/mol. The molecule has 1 heteroatoms. The van der Waals surface area contributed by atoms with Gasteiger partial charge in [-0.15, -0.1) is 0 Å². The molecule has 0 aliphatic rings. The summed E-state index contributed by atoms with van der Waals surface area (Å²) in [5, 5.41) is 2.62. The average molecular weight is 311 g/mol. The SMILES string of the molecule is Cc1ccc(Br)cc1-c1c(C)ccc2ccccc12. The highest BCUT2D eigenvalue weighted by Crippen LogP contribution is 2.35. The molecule has 0 amide bonds. The molecular formula is C18H15Br. The molecule has 0 atom stereocenters. The van der Waals surface area contributed by atoms with Gasteiger partial charge in [0.1, 0.15) is 0 Å². The van der Waals surface area contributed by atoms with Gasteiger partial charge in [-0.3, -0.25) is 0 Å². The molecule has 0 nitrogen and oxygen atoms in total. The fourth-order valence-corrected chi connectivity index (χ4v) is 2.96. The number of rotatable bonds is 1. The van der Waals surface area contributed by atoms with E-state index in [1.165, 1.54) is 33.0 Å². The van der Waals surface area contributed by atoms with Gasteiger partial charge in [-0.1, -0.05) is 58.4 Å². The van der Waals surface area contributed by atoms with Gasteiger partial charge in [0.15, 0.2) is 0 Å². The van der Waals surface area contributed by atoms with Crippen LogP contribution in [0.15, 0.2) is 59.1 Å². The first-order valence-corrected chi connectivity index (χ1v) is 7.21. The Bertz CT molecular complexity index is 757. The van der Waals surface area contributed by atoms with E-state index in [0.717, 1.165) is 4.47 Å². The van der Waals surface area contributed by atoms with Crippen LogP contribution in [0.3, 0.4) is 0 Å². The maximum absolute atomic E-state index is 3.58. The van der Waals surface area contributed by atoms with Crippen LogP contribution < -0.4 is 0 Å². The molecule has 0 aliphatic heterocycles. The van der Waals surface area contributed by atoms with E-state index in [1.54, 1.807) is 0 Å². The van der Waals surface area contributed by atoms with Crippen LogP contribution in [0.5, 0.6) is 0 Å². The zero-order chi connectivity index (χ0) is 13.4. The Morgan fingerprint density at radius 2 is 1.53 bits per heavy atom. The van der Waals surface area contributed by atoms with Crippen molar-refractivity contribution < 1.29 is 0 Å². The lowest BCUT2D eigenvalue weighted by Gasteiger charge is -2.13. The Morgan fingerprint density at radius 1 is 0.789 bits per heavy atom. The normalized spacial score (nSPS) is 10.9. The molecule has 0 aliphatic carbocycles. The minimum absolute atomic E-state index is 1.13. The second-order valence-electron chi connectivity index (χ2n) is 4.94. The molecule has 0 bridgehead atoms. The van der Waals surface area contributed by atoms with Crippen LogP contribution in [-0.4, -0.2) is 0 Å². The Balaban J connectivity index is 2.41. The minimum Gasteiger partial charge on any atom is -0.0616 e. The molecule has 94 valence electrons. The van der Waals surface area contributed by atoms with Crippen LogP contribution in [0, 0.1) is 13.8 Å². The number of aryl methyl sites for hydroxylation is 2. The van der Waals surface area contributed by atoms with E-state index in [1.807, 2.05) is 0 Å². The van der Waals surface area contributed by atoms with Crippen molar-refractivity contribution in [2.75, 3.05) is 0 Å². The van der Waals surface area contributed by atoms with Gasteiger partial charge in [-0.05, 0) is 59.0 Å². The van der Waals surface area contributed by atoms with Crippen molar-refractivity contribution in [3.05, 3.63) is 70.2 Å². The topological polar surface area (TPSA) is 0 Å². The summed E-state index contributed by atoms with van der Waals surface area (Å²) in [4.78, 5) is 0. The summed E-state index contributed by atoms with van der Waals surface area (Å²) in [6, 6.07) is 19.5. The summed E-state index contributed by atoms with van der Waals surface area (Å²) in [5.41, 5.74) is 5.28. The number of benzene rings is 3. The number of fused-ring (bicyclic) bond motifs is 1. The Hall–Kier alpha value is -1.60. The van der Waals surface area contributed by atoms with Gasteiger partial charge >= 0.3 is 0 Å². The fraction of sp³-hybridized carbons (Fsp3) is 0.111. The average Bonchev–Trinajstić information content (AvgIpc) is 2.42. The van der Waals surface area contributed by atoms with Crippen molar-refractivity contribution in [1.82, 2.24) is 0 Å². The molecule has 3 aromatic carbocycles. The molecule has 0 saturated carbocycles. The van der Waals surface area contributed by atoms with E-state index in [-0.39, 0.29) is 0 Å². The smallest absolute Gasteiger partial charge is 0.0181 e. The molecule has 19 heavy (non-hydrogen) atoms. The number of halogens is 1. The van der Waals surface area contributed by atoms with Crippen molar-refractivity contribution >= 4 is 26.7 Å². The molecule has 0 unspecified atom stereocenters. The summed E-state index contributed by atoms with van der Waals surface area (Å²) in [6.45, 7) is 4.35. The van der Waals surface area contributed by atoms with Crippen LogP contribution in [0.25, 0.3) is 21.9 Å². The van der Waals surface area contributed by atoms with E-state index in [0.29, 0.717) is 0 Å². The van der Waals surface area contributed by atoms with E-state index < -0.39 is 0 Å². The lowest BCUT2D eigenvalue weighted by Crippen LogP contribution is -1.89. The molecule has 3 rings (SSSR count). The zero-order valence-corrected chi connectivity index (χ0v) is 12.7. The highest BCUT2D eigenvalue weighted by atomic mass is 79.9. The first kappa shape index (κ1) is 12.4. The van der Waals surface area contributed by atoms with Gasteiger partial charge in [0.05, 0.1) is 0 Å². The summed E-state index contributed by atoms with van der Waals surface area (Å²) in [7, 11) is 0. The van der Waals surface area contributed by atoms with Gasteiger partial charge in [-0.25, -0.2) is 0 Å². The molecule has 0 aromatic heterocycles. The molecule has 0 radical (unpaired) electrons.